The Balaban J connectivity index is 1.68. The molecule has 3 aromatic rings. The van der Waals surface area contributed by atoms with Crippen molar-refractivity contribution < 1.29 is 9.90 Å². The summed E-state index contributed by atoms with van der Waals surface area (Å²) < 4.78 is 1.59. The van der Waals surface area contributed by atoms with Crippen molar-refractivity contribution in [2.45, 2.75) is 25.7 Å². The molecule has 2 aromatic heterocycles. The lowest BCUT2D eigenvalue weighted by Gasteiger charge is -2.31. The van der Waals surface area contributed by atoms with Crippen LogP contribution >= 0.6 is 0 Å². The van der Waals surface area contributed by atoms with Gasteiger partial charge in [0.15, 0.2) is 11.6 Å². The second-order valence-corrected chi connectivity index (χ2v) is 7.84. The fourth-order valence-corrected chi connectivity index (χ4v) is 3.90. The van der Waals surface area contributed by atoms with Crippen LogP contribution in [0.15, 0.2) is 53.7 Å². The zero-order chi connectivity index (χ0) is 22.5. The normalized spacial score (nSPS) is 14.5. The Morgan fingerprint density at radius 3 is 2.44 bits per heavy atom. The molecule has 1 aliphatic rings. The van der Waals surface area contributed by atoms with Crippen LogP contribution in [0.1, 0.15) is 25.0 Å². The van der Waals surface area contributed by atoms with Crippen molar-refractivity contribution in [2.24, 2.45) is 11.7 Å². The fraction of sp³-hybridized carbons (Fsp3) is 0.348. The summed E-state index contributed by atoms with van der Waals surface area (Å²) >= 11 is 0. The van der Waals surface area contributed by atoms with Crippen LogP contribution < -0.4 is 16.2 Å². The second-order valence-electron chi connectivity index (χ2n) is 7.84. The number of amides is 1. The Kier molecular flexibility index (Phi) is 6.55. The monoisotopic (exact) mass is 434 g/mol. The van der Waals surface area contributed by atoms with E-state index in [1.807, 2.05) is 29.2 Å². The first kappa shape index (κ1) is 21.6. The quantitative estimate of drug-likeness (QED) is 0.574. The van der Waals surface area contributed by atoms with Crippen molar-refractivity contribution in [3.05, 3.63) is 65.0 Å². The van der Waals surface area contributed by atoms with Crippen molar-refractivity contribution >= 4 is 11.7 Å². The number of nitrogens with two attached hydrogens (primary N) is 1. The molecule has 0 atom stereocenters. The van der Waals surface area contributed by atoms with E-state index in [2.05, 4.69) is 15.0 Å². The van der Waals surface area contributed by atoms with Gasteiger partial charge in [-0.3, -0.25) is 14.2 Å². The molecule has 0 bridgehead atoms. The highest BCUT2D eigenvalue weighted by molar-refractivity contribution is 5.77. The first-order valence-corrected chi connectivity index (χ1v) is 10.7. The third kappa shape index (κ3) is 4.67. The molecule has 166 valence electrons. The summed E-state index contributed by atoms with van der Waals surface area (Å²) in [5.74, 6) is 0.509. The van der Waals surface area contributed by atoms with Crippen molar-refractivity contribution in [1.82, 2.24) is 19.5 Å². The molecule has 0 radical (unpaired) electrons. The molecule has 0 unspecified atom stereocenters. The van der Waals surface area contributed by atoms with Gasteiger partial charge in [0.1, 0.15) is 0 Å². The van der Waals surface area contributed by atoms with Gasteiger partial charge in [0.2, 0.25) is 5.91 Å². The zero-order valence-corrected chi connectivity index (χ0v) is 17.7. The van der Waals surface area contributed by atoms with Gasteiger partial charge in [-0.05, 0) is 56.0 Å². The highest BCUT2D eigenvalue weighted by Gasteiger charge is 2.26. The molecule has 1 fully saturated rings. The van der Waals surface area contributed by atoms with Gasteiger partial charge in [-0.2, -0.15) is 0 Å². The SMILES string of the molecule is NC(=O)C1CCN(c2nc(CCCO)cn(-c3ccc(-c4ncccn4)cc3)c2=O)CC1. The molecule has 3 heterocycles. The molecule has 0 saturated carbocycles. The van der Waals surface area contributed by atoms with E-state index in [0.29, 0.717) is 56.1 Å². The second kappa shape index (κ2) is 9.69. The highest BCUT2D eigenvalue weighted by atomic mass is 16.3. The number of rotatable bonds is 7. The molecule has 9 heteroatoms. The van der Waals surface area contributed by atoms with Gasteiger partial charge in [0.05, 0.1) is 5.69 Å². The minimum Gasteiger partial charge on any atom is -0.396 e. The Labute approximate surface area is 185 Å². The number of nitrogens with zero attached hydrogens (tertiary/aromatic N) is 5. The third-order valence-corrected chi connectivity index (χ3v) is 5.70. The van der Waals surface area contributed by atoms with E-state index >= 15 is 0 Å². The van der Waals surface area contributed by atoms with E-state index < -0.39 is 0 Å². The number of carbonyl (C=O) groups excluding carboxylic acids is 1. The topological polar surface area (TPSA) is 127 Å². The number of aromatic nitrogens is 4. The summed E-state index contributed by atoms with van der Waals surface area (Å²) in [5.41, 5.74) is 7.50. The molecule has 1 amide bonds. The molecule has 32 heavy (non-hydrogen) atoms. The van der Waals surface area contributed by atoms with E-state index in [1.54, 1.807) is 29.2 Å². The number of piperidine rings is 1. The lowest BCUT2D eigenvalue weighted by molar-refractivity contribution is -0.122. The van der Waals surface area contributed by atoms with E-state index in [9.17, 15) is 14.7 Å². The maximum absolute atomic E-state index is 13.4. The number of carbonyl (C=O) groups is 1. The average Bonchev–Trinajstić information content (AvgIpc) is 2.84. The van der Waals surface area contributed by atoms with Crippen molar-refractivity contribution in [2.75, 3.05) is 24.6 Å². The van der Waals surface area contributed by atoms with Gasteiger partial charge in [0, 0.05) is 55.5 Å². The fourth-order valence-electron chi connectivity index (χ4n) is 3.90. The Morgan fingerprint density at radius 1 is 1.12 bits per heavy atom. The Morgan fingerprint density at radius 2 is 1.81 bits per heavy atom. The first-order chi connectivity index (χ1) is 15.6. The number of benzene rings is 1. The summed E-state index contributed by atoms with van der Waals surface area (Å²) in [4.78, 5) is 39.9. The molecule has 1 saturated heterocycles. The predicted molar refractivity (Wildman–Crippen MR) is 120 cm³/mol. The van der Waals surface area contributed by atoms with E-state index in [1.165, 1.54) is 0 Å². The van der Waals surface area contributed by atoms with Crippen molar-refractivity contribution in [1.29, 1.82) is 0 Å². The standard InChI is InChI=1S/C23H26N6O3/c24-20(31)16-8-12-28(13-9-16)22-23(32)29(15-18(27-22)3-1-14-30)19-6-4-17(5-7-19)21-25-10-2-11-26-21/h2,4-7,10-11,15-16,30H,1,3,8-9,12-14H2,(H2,24,31). The number of aryl methyl sites for hydroxylation is 1. The maximum Gasteiger partial charge on any atom is 0.298 e. The molecule has 3 N–H and O–H groups in total. The number of anilines is 1. The van der Waals surface area contributed by atoms with E-state index in [0.717, 1.165) is 11.3 Å². The average molecular weight is 435 g/mol. The van der Waals surface area contributed by atoms with Crippen LogP contribution in [-0.2, 0) is 11.2 Å². The zero-order valence-electron chi connectivity index (χ0n) is 17.7. The largest absolute Gasteiger partial charge is 0.396 e. The van der Waals surface area contributed by atoms with E-state index in [4.69, 9.17) is 5.73 Å². The van der Waals surface area contributed by atoms with Crippen LogP contribution in [0.3, 0.4) is 0 Å². The molecule has 4 rings (SSSR count). The van der Waals surface area contributed by atoms with Gasteiger partial charge in [0.25, 0.3) is 5.56 Å². The highest BCUT2D eigenvalue weighted by Crippen LogP contribution is 2.22. The lowest BCUT2D eigenvalue weighted by atomic mass is 9.96. The molecule has 1 aliphatic heterocycles. The van der Waals surface area contributed by atoms with Gasteiger partial charge in [-0.15, -0.1) is 0 Å². The maximum atomic E-state index is 13.4. The molecule has 1 aromatic carbocycles. The minimum atomic E-state index is -0.297. The van der Waals surface area contributed by atoms with Gasteiger partial charge >= 0.3 is 0 Å². The summed E-state index contributed by atoms with van der Waals surface area (Å²) in [6, 6.07) is 9.22. The minimum absolute atomic E-state index is 0.0475. The number of primary amides is 1. The van der Waals surface area contributed by atoms with Crippen LogP contribution in [0, 0.1) is 5.92 Å². The number of aliphatic hydroxyl groups is 1. The van der Waals surface area contributed by atoms with Crippen LogP contribution in [0.4, 0.5) is 5.82 Å². The smallest absolute Gasteiger partial charge is 0.298 e. The lowest BCUT2D eigenvalue weighted by Crippen LogP contribution is -2.42. The summed E-state index contributed by atoms with van der Waals surface area (Å²) in [6.07, 6.45) is 7.41. The number of hydrogen-bond acceptors (Lipinski definition) is 7. The van der Waals surface area contributed by atoms with Crippen molar-refractivity contribution in [3.8, 4) is 17.1 Å². The third-order valence-electron chi connectivity index (χ3n) is 5.70. The Hall–Kier alpha value is -3.59. The summed E-state index contributed by atoms with van der Waals surface area (Å²) in [5, 5.41) is 9.24. The van der Waals surface area contributed by atoms with Gasteiger partial charge in [-0.25, -0.2) is 15.0 Å². The molecular formula is C23H26N6O3. The Bertz CT molecular complexity index is 1120. The molecule has 0 aliphatic carbocycles. The molecular weight excluding hydrogens is 408 g/mol. The van der Waals surface area contributed by atoms with Crippen LogP contribution in [0.2, 0.25) is 0 Å². The van der Waals surface area contributed by atoms with Crippen LogP contribution in [0.5, 0.6) is 0 Å². The predicted octanol–water partition coefficient (Wildman–Crippen LogP) is 1.32. The van der Waals surface area contributed by atoms with E-state index in [-0.39, 0.29) is 24.0 Å². The summed E-state index contributed by atoms with van der Waals surface area (Å²) in [6.45, 7) is 1.14. The van der Waals surface area contributed by atoms with Crippen molar-refractivity contribution in [3.63, 3.8) is 0 Å². The van der Waals surface area contributed by atoms with Crippen LogP contribution in [-0.4, -0.2) is 50.2 Å². The van der Waals surface area contributed by atoms with Gasteiger partial charge in [-0.1, -0.05) is 0 Å². The molecule has 0 spiro atoms. The molecule has 9 nitrogen and oxygen atoms in total. The van der Waals surface area contributed by atoms with Crippen LogP contribution in [0.25, 0.3) is 17.1 Å². The number of aliphatic hydroxyl groups excluding tert-OH is 1. The van der Waals surface area contributed by atoms with Gasteiger partial charge < -0.3 is 15.7 Å². The summed E-state index contributed by atoms with van der Waals surface area (Å²) in [7, 11) is 0. The first-order valence-electron chi connectivity index (χ1n) is 10.7. The number of hydrogen-bond donors (Lipinski definition) is 2.